The van der Waals surface area contributed by atoms with E-state index < -0.39 is 5.97 Å². The van der Waals surface area contributed by atoms with E-state index in [9.17, 15) is 9.90 Å². The van der Waals surface area contributed by atoms with E-state index in [4.69, 9.17) is 9.47 Å². The van der Waals surface area contributed by atoms with Crippen molar-refractivity contribution in [2.75, 3.05) is 20.3 Å². The average Bonchev–Trinajstić information content (AvgIpc) is 2.72. The topological polar surface area (TPSA) is 60.7 Å². The van der Waals surface area contributed by atoms with Crippen LogP contribution < -0.4 is 4.74 Å². The van der Waals surface area contributed by atoms with Crippen molar-refractivity contribution >= 4 is 16.9 Å². The van der Waals surface area contributed by atoms with Gasteiger partial charge < -0.3 is 19.1 Å². The Balaban J connectivity index is 2.52. The van der Waals surface area contributed by atoms with Gasteiger partial charge in [-0.25, -0.2) is 4.79 Å². The summed E-state index contributed by atoms with van der Waals surface area (Å²) in [6, 6.07) is 5.43. The lowest BCUT2D eigenvalue weighted by Gasteiger charge is -2.09. The maximum absolute atomic E-state index is 11.2. The summed E-state index contributed by atoms with van der Waals surface area (Å²) in [6.07, 6.45) is 0. The SMILES string of the molecule is COCCOc1ccc(C)c2c1cc(C(=O)O)n2C. The molecule has 0 aliphatic heterocycles. The molecule has 0 bridgehead atoms. The van der Waals surface area contributed by atoms with E-state index in [0.29, 0.717) is 19.0 Å². The third kappa shape index (κ3) is 2.42. The Morgan fingerprint density at radius 1 is 1.37 bits per heavy atom. The van der Waals surface area contributed by atoms with Gasteiger partial charge in [-0.1, -0.05) is 6.07 Å². The van der Waals surface area contributed by atoms with Crippen LogP contribution in [0.15, 0.2) is 18.2 Å². The standard InChI is InChI=1S/C14H17NO4/c1-9-4-5-12(19-7-6-18-3)10-8-11(14(16)17)15(2)13(9)10/h4-5,8H,6-7H2,1-3H3,(H,16,17). The van der Waals surface area contributed by atoms with E-state index in [1.165, 1.54) is 0 Å². The molecule has 1 aromatic heterocycles. The Bertz CT molecular complexity index is 615. The fourth-order valence-corrected chi connectivity index (χ4v) is 2.20. The van der Waals surface area contributed by atoms with Crippen molar-refractivity contribution < 1.29 is 19.4 Å². The molecule has 0 saturated heterocycles. The van der Waals surface area contributed by atoms with E-state index in [-0.39, 0.29) is 5.69 Å². The number of hydrogen-bond donors (Lipinski definition) is 1. The van der Waals surface area contributed by atoms with Gasteiger partial charge >= 0.3 is 5.97 Å². The van der Waals surface area contributed by atoms with Gasteiger partial charge in [0.15, 0.2) is 0 Å². The van der Waals surface area contributed by atoms with Crippen LogP contribution in [0.4, 0.5) is 0 Å². The van der Waals surface area contributed by atoms with Crippen molar-refractivity contribution in [3.63, 3.8) is 0 Å². The van der Waals surface area contributed by atoms with Crippen molar-refractivity contribution in [2.45, 2.75) is 6.92 Å². The Morgan fingerprint density at radius 3 is 2.74 bits per heavy atom. The van der Waals surface area contributed by atoms with E-state index >= 15 is 0 Å². The van der Waals surface area contributed by atoms with Crippen molar-refractivity contribution in [3.05, 3.63) is 29.5 Å². The van der Waals surface area contributed by atoms with Gasteiger partial charge in [0.1, 0.15) is 18.1 Å². The minimum Gasteiger partial charge on any atom is -0.490 e. The first kappa shape index (κ1) is 13.4. The molecular weight excluding hydrogens is 246 g/mol. The molecule has 0 unspecified atom stereocenters. The predicted octanol–water partition coefficient (Wildman–Crippen LogP) is 2.21. The molecule has 0 radical (unpaired) electrons. The zero-order valence-corrected chi connectivity index (χ0v) is 11.3. The van der Waals surface area contributed by atoms with Gasteiger partial charge in [-0.3, -0.25) is 0 Å². The second kappa shape index (κ2) is 5.32. The molecule has 0 amide bonds. The molecule has 5 heteroatoms. The van der Waals surface area contributed by atoms with Crippen LogP contribution in [0, 0.1) is 6.92 Å². The Kier molecular flexibility index (Phi) is 3.76. The number of methoxy groups -OCH3 is 1. The molecule has 0 aliphatic carbocycles. The molecule has 19 heavy (non-hydrogen) atoms. The van der Waals surface area contributed by atoms with E-state index in [1.54, 1.807) is 24.8 Å². The minimum absolute atomic E-state index is 0.251. The van der Waals surface area contributed by atoms with Crippen LogP contribution in [0.1, 0.15) is 16.1 Å². The maximum atomic E-state index is 11.2. The monoisotopic (exact) mass is 263 g/mol. The number of aromatic carboxylic acids is 1. The number of fused-ring (bicyclic) bond motifs is 1. The van der Waals surface area contributed by atoms with Gasteiger partial charge in [0.05, 0.1) is 12.1 Å². The molecule has 0 spiro atoms. The first-order valence-electron chi connectivity index (χ1n) is 6.00. The fourth-order valence-electron chi connectivity index (χ4n) is 2.20. The number of carboxylic acid groups (broad SMARTS) is 1. The Hall–Kier alpha value is -2.01. The molecule has 1 N–H and O–H groups in total. The summed E-state index contributed by atoms with van der Waals surface area (Å²) in [5.74, 6) is -0.262. The number of hydrogen-bond acceptors (Lipinski definition) is 3. The molecule has 5 nitrogen and oxygen atoms in total. The van der Waals surface area contributed by atoms with Crippen LogP contribution >= 0.6 is 0 Å². The number of carbonyl (C=O) groups is 1. The number of benzene rings is 1. The molecule has 102 valence electrons. The highest BCUT2D eigenvalue weighted by Gasteiger charge is 2.16. The van der Waals surface area contributed by atoms with Gasteiger partial charge in [-0.05, 0) is 24.6 Å². The van der Waals surface area contributed by atoms with Gasteiger partial charge in [0, 0.05) is 19.5 Å². The smallest absolute Gasteiger partial charge is 0.352 e. The van der Waals surface area contributed by atoms with E-state index in [0.717, 1.165) is 16.5 Å². The first-order valence-corrected chi connectivity index (χ1v) is 6.00. The summed E-state index contributed by atoms with van der Waals surface area (Å²) >= 11 is 0. The minimum atomic E-state index is -0.944. The molecule has 1 heterocycles. The zero-order valence-electron chi connectivity index (χ0n) is 11.3. The summed E-state index contributed by atoms with van der Waals surface area (Å²) < 4.78 is 12.3. The van der Waals surface area contributed by atoms with Crippen LogP contribution in [-0.4, -0.2) is 36.0 Å². The van der Waals surface area contributed by atoms with E-state index in [2.05, 4.69) is 0 Å². The summed E-state index contributed by atoms with van der Waals surface area (Å²) in [5, 5.41) is 10.00. The second-order valence-corrected chi connectivity index (χ2v) is 4.38. The quantitative estimate of drug-likeness (QED) is 0.840. The fraction of sp³-hybridized carbons (Fsp3) is 0.357. The lowest BCUT2D eigenvalue weighted by atomic mass is 10.1. The van der Waals surface area contributed by atoms with Crippen LogP contribution in [0.2, 0.25) is 0 Å². The van der Waals surface area contributed by atoms with Crippen LogP contribution in [0.5, 0.6) is 5.75 Å². The largest absolute Gasteiger partial charge is 0.490 e. The number of aryl methyl sites for hydroxylation is 2. The van der Waals surface area contributed by atoms with Gasteiger partial charge in [-0.2, -0.15) is 0 Å². The highest BCUT2D eigenvalue weighted by atomic mass is 16.5. The van der Waals surface area contributed by atoms with Crippen molar-refractivity contribution in [1.82, 2.24) is 4.57 Å². The summed E-state index contributed by atoms with van der Waals surface area (Å²) in [5.41, 5.74) is 2.15. The number of aromatic nitrogens is 1. The summed E-state index contributed by atoms with van der Waals surface area (Å²) in [7, 11) is 3.36. The lowest BCUT2D eigenvalue weighted by Crippen LogP contribution is -2.05. The van der Waals surface area contributed by atoms with Crippen molar-refractivity contribution in [2.24, 2.45) is 7.05 Å². The van der Waals surface area contributed by atoms with Gasteiger partial charge in [0.2, 0.25) is 0 Å². The maximum Gasteiger partial charge on any atom is 0.352 e. The Morgan fingerprint density at radius 2 is 2.11 bits per heavy atom. The average molecular weight is 263 g/mol. The summed E-state index contributed by atoms with van der Waals surface area (Å²) in [4.78, 5) is 11.2. The second-order valence-electron chi connectivity index (χ2n) is 4.38. The molecule has 2 rings (SSSR count). The molecule has 0 saturated carbocycles. The lowest BCUT2D eigenvalue weighted by molar-refractivity contribution is 0.0687. The molecular formula is C14H17NO4. The summed E-state index contributed by atoms with van der Waals surface area (Å²) in [6.45, 7) is 2.88. The third-order valence-corrected chi connectivity index (χ3v) is 3.12. The van der Waals surface area contributed by atoms with E-state index in [1.807, 2.05) is 19.1 Å². The number of nitrogens with zero attached hydrogens (tertiary/aromatic N) is 1. The molecule has 0 fully saturated rings. The number of ether oxygens (including phenoxy) is 2. The Labute approximate surface area is 111 Å². The third-order valence-electron chi connectivity index (χ3n) is 3.12. The first-order chi connectivity index (χ1) is 9.06. The normalized spacial score (nSPS) is 10.9. The molecule has 0 aliphatic rings. The molecule has 1 aromatic carbocycles. The molecule has 0 atom stereocenters. The van der Waals surface area contributed by atoms with Gasteiger partial charge in [0.25, 0.3) is 0 Å². The molecule has 2 aromatic rings. The van der Waals surface area contributed by atoms with Crippen molar-refractivity contribution in [3.8, 4) is 5.75 Å². The zero-order chi connectivity index (χ0) is 14.0. The number of rotatable bonds is 5. The predicted molar refractivity (Wildman–Crippen MR) is 72.0 cm³/mol. The number of carboxylic acids is 1. The van der Waals surface area contributed by atoms with Crippen molar-refractivity contribution in [1.29, 1.82) is 0 Å². The van der Waals surface area contributed by atoms with Crippen LogP contribution in [-0.2, 0) is 11.8 Å². The van der Waals surface area contributed by atoms with Crippen LogP contribution in [0.3, 0.4) is 0 Å². The highest BCUT2D eigenvalue weighted by molar-refractivity contribution is 5.98. The highest BCUT2D eigenvalue weighted by Crippen LogP contribution is 2.31. The van der Waals surface area contributed by atoms with Crippen LogP contribution in [0.25, 0.3) is 10.9 Å². The van der Waals surface area contributed by atoms with Gasteiger partial charge in [-0.15, -0.1) is 0 Å².